The maximum atomic E-state index is 14.5. The summed E-state index contributed by atoms with van der Waals surface area (Å²) >= 11 is 0. The first kappa shape index (κ1) is 21.2. The predicted octanol–water partition coefficient (Wildman–Crippen LogP) is 3.40. The molecule has 0 unspecified atom stereocenters. The average molecular weight is 436 g/mol. The number of pyridine rings is 1. The number of halogens is 4. The van der Waals surface area contributed by atoms with E-state index in [1.165, 1.54) is 6.07 Å². The predicted molar refractivity (Wildman–Crippen MR) is 107 cm³/mol. The van der Waals surface area contributed by atoms with Gasteiger partial charge in [0, 0.05) is 35.6 Å². The molecule has 2 aromatic heterocycles. The minimum Gasteiger partial charge on any atom is -0.378 e. The van der Waals surface area contributed by atoms with Crippen molar-refractivity contribution in [2.45, 2.75) is 19.3 Å². The molecule has 3 aromatic rings. The van der Waals surface area contributed by atoms with E-state index in [4.69, 9.17) is 10.5 Å². The number of morpholine rings is 1. The SMILES string of the molecule is Cc1nnc(N[C@H](N)c2cccc(C(F)(F)F)c2F)c2cc(N3CCOCC3)ncc12. The number of nitrogens with zero attached hydrogens (tertiary/aromatic N) is 4. The van der Waals surface area contributed by atoms with Crippen molar-refractivity contribution in [3.05, 3.63) is 53.1 Å². The van der Waals surface area contributed by atoms with Crippen molar-refractivity contribution < 1.29 is 22.3 Å². The van der Waals surface area contributed by atoms with Crippen molar-refractivity contribution in [1.82, 2.24) is 15.2 Å². The van der Waals surface area contributed by atoms with Gasteiger partial charge >= 0.3 is 6.18 Å². The zero-order chi connectivity index (χ0) is 22.2. The number of benzene rings is 1. The highest BCUT2D eigenvalue weighted by Gasteiger charge is 2.35. The maximum Gasteiger partial charge on any atom is 0.419 e. The minimum absolute atomic E-state index is 0.224. The second-order valence-corrected chi connectivity index (χ2v) is 7.15. The lowest BCUT2D eigenvalue weighted by Crippen LogP contribution is -2.36. The number of hydrogen-bond donors (Lipinski definition) is 2. The summed E-state index contributed by atoms with van der Waals surface area (Å²) in [6, 6.07) is 4.79. The summed E-state index contributed by atoms with van der Waals surface area (Å²) in [4.78, 5) is 6.53. The van der Waals surface area contributed by atoms with Crippen molar-refractivity contribution in [3.63, 3.8) is 0 Å². The number of nitrogens with one attached hydrogen (secondary N) is 1. The topological polar surface area (TPSA) is 89.2 Å². The summed E-state index contributed by atoms with van der Waals surface area (Å²) in [5.74, 6) is -0.498. The molecule has 1 aliphatic heterocycles. The quantitative estimate of drug-likeness (QED) is 0.479. The largest absolute Gasteiger partial charge is 0.419 e. The Morgan fingerprint density at radius 1 is 1.16 bits per heavy atom. The fraction of sp³-hybridized carbons (Fsp3) is 0.350. The standard InChI is InChI=1S/C20H20F4N6O/c1-11-14-10-26-16(30-5-7-31-8-6-30)9-13(14)19(29-28-11)27-18(25)12-3-2-4-15(17(12)21)20(22,23)24/h2-4,9-10,18H,5-8,25H2,1H3,(H,27,29)/t18-/m0/s1. The molecule has 164 valence electrons. The van der Waals surface area contributed by atoms with Crippen LogP contribution in [-0.4, -0.2) is 41.5 Å². The Labute approximate surface area is 175 Å². The summed E-state index contributed by atoms with van der Waals surface area (Å²) in [6.07, 6.45) is -4.44. The molecule has 0 radical (unpaired) electrons. The molecule has 1 saturated heterocycles. The number of alkyl halides is 3. The maximum absolute atomic E-state index is 14.5. The van der Waals surface area contributed by atoms with E-state index >= 15 is 0 Å². The van der Waals surface area contributed by atoms with Crippen molar-refractivity contribution in [2.24, 2.45) is 5.73 Å². The van der Waals surface area contributed by atoms with Gasteiger partial charge in [-0.05, 0) is 19.1 Å². The minimum atomic E-state index is -4.82. The van der Waals surface area contributed by atoms with E-state index in [0.29, 0.717) is 54.7 Å². The molecular formula is C20H20F4N6O. The summed E-state index contributed by atoms with van der Waals surface area (Å²) in [7, 11) is 0. The number of aromatic nitrogens is 3. The van der Waals surface area contributed by atoms with Crippen molar-refractivity contribution in [3.8, 4) is 0 Å². The van der Waals surface area contributed by atoms with Crippen LogP contribution in [0.15, 0.2) is 30.5 Å². The molecule has 11 heteroatoms. The van der Waals surface area contributed by atoms with Crippen LogP contribution in [0.1, 0.15) is 23.0 Å². The summed E-state index contributed by atoms with van der Waals surface area (Å²) in [5.41, 5.74) is 4.95. The third-order valence-electron chi connectivity index (χ3n) is 5.13. The molecule has 3 heterocycles. The first-order valence-corrected chi connectivity index (χ1v) is 9.59. The molecule has 0 spiro atoms. The first-order chi connectivity index (χ1) is 14.8. The molecule has 0 aliphatic carbocycles. The summed E-state index contributed by atoms with van der Waals surface area (Å²) < 4.78 is 59.0. The molecule has 0 saturated carbocycles. The van der Waals surface area contributed by atoms with Crippen molar-refractivity contribution in [1.29, 1.82) is 0 Å². The Morgan fingerprint density at radius 2 is 1.90 bits per heavy atom. The molecule has 0 bridgehead atoms. The van der Waals surface area contributed by atoms with Crippen LogP contribution >= 0.6 is 0 Å². The average Bonchev–Trinajstić information content (AvgIpc) is 2.75. The molecule has 0 amide bonds. The fourth-order valence-corrected chi connectivity index (χ4v) is 3.47. The van der Waals surface area contributed by atoms with Gasteiger partial charge in [-0.25, -0.2) is 9.37 Å². The van der Waals surface area contributed by atoms with E-state index in [-0.39, 0.29) is 11.4 Å². The number of fused-ring (bicyclic) bond motifs is 1. The number of anilines is 2. The van der Waals surface area contributed by atoms with E-state index in [9.17, 15) is 17.6 Å². The van der Waals surface area contributed by atoms with Crippen LogP contribution in [-0.2, 0) is 10.9 Å². The number of rotatable bonds is 4. The fourth-order valence-electron chi connectivity index (χ4n) is 3.47. The van der Waals surface area contributed by atoms with Gasteiger partial charge in [-0.1, -0.05) is 12.1 Å². The first-order valence-electron chi connectivity index (χ1n) is 9.59. The molecule has 4 rings (SSSR count). The zero-order valence-corrected chi connectivity index (χ0v) is 16.6. The van der Waals surface area contributed by atoms with Crippen LogP contribution in [0.5, 0.6) is 0 Å². The van der Waals surface area contributed by atoms with Crippen molar-refractivity contribution in [2.75, 3.05) is 36.5 Å². The Morgan fingerprint density at radius 3 is 2.61 bits per heavy atom. The van der Waals surface area contributed by atoms with Gasteiger partial charge in [-0.3, -0.25) is 0 Å². The van der Waals surface area contributed by atoms with E-state index in [1.54, 1.807) is 19.2 Å². The van der Waals surface area contributed by atoms with Gasteiger partial charge in [0.2, 0.25) is 0 Å². The van der Waals surface area contributed by atoms with Crippen LogP contribution in [0.2, 0.25) is 0 Å². The van der Waals surface area contributed by atoms with Crippen LogP contribution in [0.3, 0.4) is 0 Å². The third kappa shape index (κ3) is 4.23. The monoisotopic (exact) mass is 436 g/mol. The Hall–Kier alpha value is -3.05. The van der Waals surface area contributed by atoms with Crippen molar-refractivity contribution >= 4 is 22.4 Å². The van der Waals surface area contributed by atoms with Gasteiger partial charge in [0.25, 0.3) is 0 Å². The Kier molecular flexibility index (Phi) is 5.63. The Bertz CT molecular complexity index is 1100. The molecule has 1 aliphatic rings. The highest BCUT2D eigenvalue weighted by molar-refractivity contribution is 5.94. The molecule has 1 fully saturated rings. The lowest BCUT2D eigenvalue weighted by Gasteiger charge is -2.28. The normalized spacial score (nSPS) is 15.9. The number of aryl methyl sites for hydroxylation is 1. The molecule has 7 nitrogen and oxygen atoms in total. The van der Waals surface area contributed by atoms with Gasteiger partial charge in [-0.15, -0.1) is 5.10 Å². The summed E-state index contributed by atoms with van der Waals surface area (Å²) in [5, 5.41) is 12.3. The van der Waals surface area contributed by atoms with Crippen LogP contribution in [0.25, 0.3) is 10.8 Å². The molecule has 31 heavy (non-hydrogen) atoms. The molecular weight excluding hydrogens is 416 g/mol. The zero-order valence-electron chi connectivity index (χ0n) is 16.6. The Balaban J connectivity index is 1.70. The second kappa shape index (κ2) is 8.23. The van der Waals surface area contributed by atoms with Gasteiger partial charge < -0.3 is 20.7 Å². The smallest absolute Gasteiger partial charge is 0.378 e. The van der Waals surface area contributed by atoms with E-state index in [2.05, 4.69) is 25.4 Å². The lowest BCUT2D eigenvalue weighted by molar-refractivity contribution is -0.140. The van der Waals surface area contributed by atoms with Gasteiger partial charge in [-0.2, -0.15) is 18.3 Å². The molecule has 3 N–H and O–H groups in total. The number of nitrogens with two attached hydrogens (primary N) is 1. The molecule has 1 aromatic carbocycles. The van der Waals surface area contributed by atoms with Gasteiger partial charge in [0.15, 0.2) is 5.82 Å². The van der Waals surface area contributed by atoms with Crippen LogP contribution in [0.4, 0.5) is 29.2 Å². The van der Waals surface area contributed by atoms with Gasteiger partial charge in [0.1, 0.15) is 17.8 Å². The highest BCUT2D eigenvalue weighted by Crippen LogP contribution is 2.34. The van der Waals surface area contributed by atoms with E-state index < -0.39 is 23.7 Å². The second-order valence-electron chi connectivity index (χ2n) is 7.15. The molecule has 1 atom stereocenters. The lowest BCUT2D eigenvalue weighted by atomic mass is 10.1. The van der Waals surface area contributed by atoms with Gasteiger partial charge in [0.05, 0.1) is 24.5 Å². The number of hydrogen-bond acceptors (Lipinski definition) is 7. The third-order valence-corrected chi connectivity index (χ3v) is 5.13. The van der Waals surface area contributed by atoms with E-state index in [0.717, 1.165) is 6.07 Å². The number of ether oxygens (including phenoxy) is 1. The van der Waals surface area contributed by atoms with Crippen LogP contribution in [0, 0.1) is 12.7 Å². The summed E-state index contributed by atoms with van der Waals surface area (Å²) in [6.45, 7) is 4.28. The van der Waals surface area contributed by atoms with Crippen LogP contribution < -0.4 is 16.0 Å². The highest BCUT2D eigenvalue weighted by atomic mass is 19.4. The van der Waals surface area contributed by atoms with E-state index in [1.807, 2.05) is 0 Å².